The number of hydrogen-bond donors (Lipinski definition) is 1. The molecule has 2 aliphatic heterocycles. The minimum atomic E-state index is -3.63. The summed E-state index contributed by atoms with van der Waals surface area (Å²) in [6.45, 7) is 1.75. The highest BCUT2D eigenvalue weighted by Crippen LogP contribution is 2.35. The van der Waals surface area contributed by atoms with E-state index in [1.54, 1.807) is 6.07 Å². The number of hydrogen-bond acceptors (Lipinski definition) is 6. The van der Waals surface area contributed by atoms with E-state index in [-0.39, 0.29) is 29.9 Å². The van der Waals surface area contributed by atoms with Crippen molar-refractivity contribution in [2.45, 2.75) is 17.7 Å². The Morgan fingerprint density at radius 2 is 1.96 bits per heavy atom. The molecular formula is C18H26N4O5S. The third-order valence-electron chi connectivity index (χ3n) is 4.76. The molecule has 10 heteroatoms. The van der Waals surface area contributed by atoms with Crippen LogP contribution >= 0.6 is 0 Å². The predicted molar refractivity (Wildman–Crippen MR) is 104 cm³/mol. The number of benzene rings is 1. The van der Waals surface area contributed by atoms with Gasteiger partial charge in [0, 0.05) is 26.2 Å². The Balaban J connectivity index is 1.81. The number of likely N-dealkylation sites (N-methyl/N-ethyl adjacent to an activating group) is 1. The predicted octanol–water partition coefficient (Wildman–Crippen LogP) is -0.126. The fourth-order valence-corrected chi connectivity index (χ4v) is 4.75. The first-order valence-electron chi connectivity index (χ1n) is 9.28. The minimum absolute atomic E-state index is 0.101. The van der Waals surface area contributed by atoms with Gasteiger partial charge in [-0.05, 0) is 45.1 Å². The van der Waals surface area contributed by atoms with Crippen molar-refractivity contribution in [3.05, 3.63) is 18.2 Å². The monoisotopic (exact) mass is 410 g/mol. The van der Waals surface area contributed by atoms with Gasteiger partial charge in [-0.15, -0.1) is 0 Å². The molecule has 0 radical (unpaired) electrons. The zero-order valence-electron chi connectivity index (χ0n) is 16.2. The summed E-state index contributed by atoms with van der Waals surface area (Å²) in [6, 6.07) is 4.45. The Morgan fingerprint density at radius 3 is 2.64 bits per heavy atom. The summed E-state index contributed by atoms with van der Waals surface area (Å²) in [5.74, 6) is -0.303. The zero-order valence-corrected chi connectivity index (χ0v) is 17.0. The Hall–Kier alpha value is -2.17. The van der Waals surface area contributed by atoms with Crippen molar-refractivity contribution >= 4 is 27.5 Å². The van der Waals surface area contributed by atoms with E-state index in [2.05, 4.69) is 5.32 Å². The molecule has 0 unspecified atom stereocenters. The fraction of sp³-hybridized carbons (Fsp3) is 0.556. The molecule has 2 heterocycles. The molecule has 1 fully saturated rings. The van der Waals surface area contributed by atoms with Gasteiger partial charge in [0.2, 0.25) is 15.9 Å². The third-order valence-corrected chi connectivity index (χ3v) is 6.65. The largest absolute Gasteiger partial charge is 0.482 e. The van der Waals surface area contributed by atoms with Crippen molar-refractivity contribution < 1.29 is 22.7 Å². The maximum absolute atomic E-state index is 12.8. The maximum Gasteiger partial charge on any atom is 0.265 e. The minimum Gasteiger partial charge on any atom is -0.482 e. The fourth-order valence-electron chi connectivity index (χ4n) is 3.21. The molecule has 0 aromatic heterocycles. The molecule has 0 atom stereocenters. The highest BCUT2D eigenvalue weighted by Gasteiger charge is 2.32. The van der Waals surface area contributed by atoms with Gasteiger partial charge in [0.05, 0.1) is 10.6 Å². The number of carbonyl (C=O) groups is 2. The van der Waals surface area contributed by atoms with Crippen LogP contribution in [-0.2, 0) is 19.6 Å². The highest BCUT2D eigenvalue weighted by atomic mass is 32.2. The van der Waals surface area contributed by atoms with Crippen LogP contribution in [0.3, 0.4) is 0 Å². The van der Waals surface area contributed by atoms with Crippen molar-refractivity contribution in [2.75, 3.05) is 58.3 Å². The van der Waals surface area contributed by atoms with E-state index in [9.17, 15) is 18.0 Å². The van der Waals surface area contributed by atoms with Gasteiger partial charge in [-0.25, -0.2) is 8.42 Å². The van der Waals surface area contributed by atoms with Crippen LogP contribution in [0.1, 0.15) is 12.8 Å². The normalized spacial score (nSPS) is 17.5. The van der Waals surface area contributed by atoms with E-state index >= 15 is 0 Å². The number of nitrogens with one attached hydrogen (secondary N) is 1. The molecule has 1 saturated heterocycles. The van der Waals surface area contributed by atoms with Gasteiger partial charge in [-0.3, -0.25) is 14.5 Å². The Bertz CT molecular complexity index is 850. The van der Waals surface area contributed by atoms with E-state index in [4.69, 9.17) is 4.74 Å². The number of carbonyl (C=O) groups excluding carboxylic acids is 2. The van der Waals surface area contributed by atoms with Crippen LogP contribution in [0.15, 0.2) is 23.1 Å². The summed E-state index contributed by atoms with van der Waals surface area (Å²) in [7, 11) is 0.167. The average molecular weight is 410 g/mol. The molecular weight excluding hydrogens is 384 g/mol. The summed E-state index contributed by atoms with van der Waals surface area (Å²) in [5.41, 5.74) is 0.305. The molecule has 2 amide bonds. The lowest BCUT2D eigenvalue weighted by Crippen LogP contribution is -2.46. The molecule has 2 aliphatic rings. The molecule has 3 rings (SSSR count). The Labute approximate surface area is 165 Å². The van der Waals surface area contributed by atoms with Gasteiger partial charge >= 0.3 is 0 Å². The number of rotatable bonds is 7. The van der Waals surface area contributed by atoms with E-state index < -0.39 is 10.0 Å². The summed E-state index contributed by atoms with van der Waals surface area (Å²) < 4.78 is 32.5. The summed E-state index contributed by atoms with van der Waals surface area (Å²) in [4.78, 5) is 27.9. The maximum atomic E-state index is 12.8. The van der Waals surface area contributed by atoms with Crippen molar-refractivity contribution in [3.8, 4) is 5.75 Å². The number of ether oxygens (including phenoxy) is 1. The Kier molecular flexibility index (Phi) is 6.21. The summed E-state index contributed by atoms with van der Waals surface area (Å²) in [5, 5.41) is 2.76. The van der Waals surface area contributed by atoms with Crippen LogP contribution < -0.4 is 15.0 Å². The highest BCUT2D eigenvalue weighted by molar-refractivity contribution is 7.89. The van der Waals surface area contributed by atoms with Gasteiger partial charge in [-0.1, -0.05) is 0 Å². The van der Waals surface area contributed by atoms with Gasteiger partial charge in [0.25, 0.3) is 5.91 Å². The first-order chi connectivity index (χ1) is 13.3. The molecule has 1 aromatic rings. The van der Waals surface area contributed by atoms with Gasteiger partial charge < -0.3 is 15.0 Å². The standard InChI is InChI=1S/C18H26N4O5S/c1-20(2)10-7-19-17(23)12-22-15-11-14(5-6-16(15)27-13-18(22)24)28(25,26)21-8-3-4-9-21/h5-6,11H,3-4,7-10,12-13H2,1-2H3,(H,19,23). The molecule has 9 nitrogen and oxygen atoms in total. The SMILES string of the molecule is CN(C)CCNC(=O)CN1C(=O)COc2ccc(S(=O)(=O)N3CCCC3)cc21. The number of anilines is 1. The second-order valence-electron chi connectivity index (χ2n) is 7.16. The molecule has 0 bridgehead atoms. The first kappa shape index (κ1) is 20.6. The van der Waals surface area contributed by atoms with Crippen molar-refractivity contribution in [2.24, 2.45) is 0 Å². The zero-order chi connectivity index (χ0) is 20.3. The number of amides is 2. The number of nitrogens with zero attached hydrogens (tertiary/aromatic N) is 3. The van der Waals surface area contributed by atoms with Crippen LogP contribution in [0.5, 0.6) is 5.75 Å². The number of fused-ring (bicyclic) bond motifs is 1. The van der Waals surface area contributed by atoms with Crippen LogP contribution in [0.4, 0.5) is 5.69 Å². The van der Waals surface area contributed by atoms with Crippen molar-refractivity contribution in [3.63, 3.8) is 0 Å². The lowest BCUT2D eigenvalue weighted by Gasteiger charge is -2.29. The first-order valence-corrected chi connectivity index (χ1v) is 10.7. The smallest absolute Gasteiger partial charge is 0.265 e. The van der Waals surface area contributed by atoms with E-state index in [1.165, 1.54) is 21.3 Å². The van der Waals surface area contributed by atoms with Gasteiger partial charge in [0.15, 0.2) is 6.61 Å². The molecule has 0 aliphatic carbocycles. The average Bonchev–Trinajstić information content (AvgIpc) is 3.19. The quantitative estimate of drug-likeness (QED) is 0.673. The number of sulfonamides is 1. The van der Waals surface area contributed by atoms with Gasteiger partial charge in [-0.2, -0.15) is 4.31 Å². The third kappa shape index (κ3) is 4.45. The molecule has 0 saturated carbocycles. The van der Waals surface area contributed by atoms with Gasteiger partial charge in [0.1, 0.15) is 12.3 Å². The van der Waals surface area contributed by atoms with Crippen molar-refractivity contribution in [1.82, 2.24) is 14.5 Å². The molecule has 1 aromatic carbocycles. The molecule has 1 N–H and O–H groups in total. The Morgan fingerprint density at radius 1 is 1.25 bits per heavy atom. The lowest BCUT2D eigenvalue weighted by atomic mass is 10.2. The molecule has 28 heavy (non-hydrogen) atoms. The summed E-state index contributed by atoms with van der Waals surface area (Å²) >= 11 is 0. The topological polar surface area (TPSA) is 99.3 Å². The van der Waals surface area contributed by atoms with Crippen LogP contribution in [0.2, 0.25) is 0 Å². The van der Waals surface area contributed by atoms with Crippen LogP contribution in [-0.4, -0.2) is 82.9 Å². The second kappa shape index (κ2) is 8.46. The van der Waals surface area contributed by atoms with Crippen LogP contribution in [0.25, 0.3) is 0 Å². The van der Waals surface area contributed by atoms with Crippen molar-refractivity contribution in [1.29, 1.82) is 0 Å². The molecule has 0 spiro atoms. The van der Waals surface area contributed by atoms with Crippen LogP contribution in [0, 0.1) is 0 Å². The molecule has 154 valence electrons. The van der Waals surface area contributed by atoms with E-state index in [1.807, 2.05) is 19.0 Å². The van der Waals surface area contributed by atoms with E-state index in [0.29, 0.717) is 37.6 Å². The van der Waals surface area contributed by atoms with E-state index in [0.717, 1.165) is 12.8 Å². The summed E-state index contributed by atoms with van der Waals surface area (Å²) in [6.07, 6.45) is 1.68. The second-order valence-corrected chi connectivity index (χ2v) is 9.10. The lowest BCUT2D eigenvalue weighted by molar-refractivity contribution is -0.125.